The summed E-state index contributed by atoms with van der Waals surface area (Å²) in [6.45, 7) is 5.99. The van der Waals surface area contributed by atoms with Crippen molar-refractivity contribution in [1.82, 2.24) is 5.32 Å². The Morgan fingerprint density at radius 1 is 1.44 bits per heavy atom. The first-order valence-electron chi connectivity index (χ1n) is 5.76. The Hall–Kier alpha value is -0.290. The molecule has 2 atom stereocenters. The van der Waals surface area contributed by atoms with Crippen LogP contribution in [0, 0.1) is 5.92 Å². The topological polar surface area (TPSA) is 21.3 Å². The van der Waals surface area contributed by atoms with E-state index in [1.54, 1.807) is 6.92 Å². The van der Waals surface area contributed by atoms with Gasteiger partial charge < -0.3 is 10.1 Å². The molecule has 0 aliphatic carbocycles. The predicted octanol–water partition coefficient (Wildman–Crippen LogP) is 2.73. The monoisotopic (exact) mass is 239 g/mol. The molecule has 0 amide bonds. The Kier molecular flexibility index (Phi) is 4.23. The summed E-state index contributed by atoms with van der Waals surface area (Å²) in [6.07, 6.45) is -4.50. The Bertz CT molecular complexity index is 226. The average molecular weight is 239 g/mol. The number of hydrogen-bond acceptors (Lipinski definition) is 2. The van der Waals surface area contributed by atoms with E-state index >= 15 is 0 Å². The summed E-state index contributed by atoms with van der Waals surface area (Å²) >= 11 is 0. The molecule has 1 saturated heterocycles. The number of halogens is 3. The van der Waals surface area contributed by atoms with E-state index < -0.39 is 11.7 Å². The SMILES string of the molecule is CCNC1(C(F)(F)F)CCOC(C(C)C)C1. The van der Waals surface area contributed by atoms with E-state index in [-0.39, 0.29) is 31.5 Å². The molecule has 1 N–H and O–H groups in total. The molecule has 16 heavy (non-hydrogen) atoms. The average Bonchev–Trinajstić information content (AvgIpc) is 2.17. The molecule has 0 aromatic heterocycles. The van der Waals surface area contributed by atoms with Crippen LogP contribution in [0.15, 0.2) is 0 Å². The minimum atomic E-state index is -4.21. The Morgan fingerprint density at radius 3 is 2.50 bits per heavy atom. The standard InChI is InChI=1S/C11H20F3NO/c1-4-15-10(11(12,13)14)5-6-16-9(7-10)8(2)3/h8-9,15H,4-7H2,1-3H3. The van der Waals surface area contributed by atoms with Gasteiger partial charge in [-0.25, -0.2) is 0 Å². The summed E-state index contributed by atoms with van der Waals surface area (Å²) in [5, 5.41) is 2.62. The van der Waals surface area contributed by atoms with Crippen molar-refractivity contribution in [3.05, 3.63) is 0 Å². The quantitative estimate of drug-likeness (QED) is 0.817. The lowest BCUT2D eigenvalue weighted by Crippen LogP contribution is -2.61. The van der Waals surface area contributed by atoms with Crippen molar-refractivity contribution >= 4 is 0 Å². The van der Waals surface area contributed by atoms with Gasteiger partial charge in [-0.05, 0) is 18.9 Å². The normalized spacial score (nSPS) is 32.1. The van der Waals surface area contributed by atoms with Crippen LogP contribution < -0.4 is 5.32 Å². The van der Waals surface area contributed by atoms with E-state index in [4.69, 9.17) is 4.74 Å². The molecule has 0 radical (unpaired) electrons. The third-order valence-electron chi connectivity index (χ3n) is 3.21. The van der Waals surface area contributed by atoms with Crippen LogP contribution in [0.4, 0.5) is 13.2 Å². The summed E-state index contributed by atoms with van der Waals surface area (Å²) in [4.78, 5) is 0. The van der Waals surface area contributed by atoms with Crippen molar-refractivity contribution in [3.8, 4) is 0 Å². The molecule has 1 fully saturated rings. The minimum absolute atomic E-state index is 0.00750. The second-order valence-corrected chi connectivity index (χ2v) is 4.72. The number of ether oxygens (including phenoxy) is 1. The largest absolute Gasteiger partial charge is 0.406 e. The highest BCUT2D eigenvalue weighted by atomic mass is 19.4. The van der Waals surface area contributed by atoms with Gasteiger partial charge in [-0.3, -0.25) is 0 Å². The molecule has 2 nitrogen and oxygen atoms in total. The molecule has 5 heteroatoms. The van der Waals surface area contributed by atoms with E-state index in [1.165, 1.54) is 0 Å². The zero-order chi connectivity index (χ0) is 12.4. The molecule has 0 bridgehead atoms. The highest BCUT2D eigenvalue weighted by Crippen LogP contribution is 2.41. The van der Waals surface area contributed by atoms with E-state index in [9.17, 15) is 13.2 Å². The van der Waals surface area contributed by atoms with Gasteiger partial charge in [0.1, 0.15) is 5.54 Å². The van der Waals surface area contributed by atoms with E-state index in [0.29, 0.717) is 6.54 Å². The summed E-state index contributed by atoms with van der Waals surface area (Å²) in [7, 11) is 0. The van der Waals surface area contributed by atoms with Crippen LogP contribution in [0.3, 0.4) is 0 Å². The van der Waals surface area contributed by atoms with Crippen LogP contribution in [0.5, 0.6) is 0 Å². The fourth-order valence-corrected chi connectivity index (χ4v) is 2.17. The van der Waals surface area contributed by atoms with Crippen LogP contribution >= 0.6 is 0 Å². The first-order valence-corrected chi connectivity index (χ1v) is 5.76. The van der Waals surface area contributed by atoms with Gasteiger partial charge in [-0.15, -0.1) is 0 Å². The maximum Gasteiger partial charge on any atom is 0.406 e. The Morgan fingerprint density at radius 2 is 2.06 bits per heavy atom. The van der Waals surface area contributed by atoms with Crippen molar-refractivity contribution < 1.29 is 17.9 Å². The molecule has 1 rings (SSSR count). The zero-order valence-electron chi connectivity index (χ0n) is 10.0. The smallest absolute Gasteiger partial charge is 0.378 e. The van der Waals surface area contributed by atoms with E-state index in [1.807, 2.05) is 13.8 Å². The lowest BCUT2D eigenvalue weighted by Gasteiger charge is -2.43. The lowest BCUT2D eigenvalue weighted by molar-refractivity contribution is -0.228. The number of nitrogens with one attached hydrogen (secondary N) is 1. The van der Waals surface area contributed by atoms with Crippen LogP contribution in [0.2, 0.25) is 0 Å². The molecule has 1 aliphatic rings. The fraction of sp³-hybridized carbons (Fsp3) is 1.00. The van der Waals surface area contributed by atoms with Gasteiger partial charge in [0.15, 0.2) is 0 Å². The summed E-state index contributed by atoms with van der Waals surface area (Å²) in [6, 6.07) is 0. The lowest BCUT2D eigenvalue weighted by atomic mass is 9.82. The highest BCUT2D eigenvalue weighted by Gasteiger charge is 2.56. The van der Waals surface area contributed by atoms with Gasteiger partial charge in [0.2, 0.25) is 0 Å². The molecule has 0 saturated carbocycles. The van der Waals surface area contributed by atoms with Crippen molar-refractivity contribution in [2.45, 2.75) is 51.4 Å². The second kappa shape index (κ2) is 4.92. The third-order valence-corrected chi connectivity index (χ3v) is 3.21. The molecule has 0 spiro atoms. The molecule has 2 unspecified atom stereocenters. The summed E-state index contributed by atoms with van der Waals surface area (Å²) in [5.74, 6) is 0.112. The molecule has 96 valence electrons. The molecule has 1 aliphatic heterocycles. The third kappa shape index (κ3) is 2.69. The summed E-state index contributed by atoms with van der Waals surface area (Å²) in [5.41, 5.74) is -1.76. The van der Waals surface area contributed by atoms with Gasteiger partial charge >= 0.3 is 6.18 Å². The van der Waals surface area contributed by atoms with E-state index in [2.05, 4.69) is 5.32 Å². The summed E-state index contributed by atoms with van der Waals surface area (Å²) < 4.78 is 44.7. The van der Waals surface area contributed by atoms with Gasteiger partial charge in [-0.1, -0.05) is 20.8 Å². The van der Waals surface area contributed by atoms with Crippen LogP contribution in [0.25, 0.3) is 0 Å². The number of hydrogen-bond donors (Lipinski definition) is 1. The van der Waals surface area contributed by atoms with Crippen LogP contribution in [0.1, 0.15) is 33.6 Å². The Balaban J connectivity index is 2.85. The van der Waals surface area contributed by atoms with Crippen molar-refractivity contribution in [2.24, 2.45) is 5.92 Å². The maximum atomic E-state index is 13.1. The van der Waals surface area contributed by atoms with E-state index in [0.717, 1.165) is 0 Å². The molecular weight excluding hydrogens is 219 g/mol. The second-order valence-electron chi connectivity index (χ2n) is 4.72. The molecular formula is C11H20F3NO. The van der Waals surface area contributed by atoms with Crippen LogP contribution in [-0.4, -0.2) is 31.0 Å². The number of alkyl halides is 3. The first kappa shape index (κ1) is 13.8. The van der Waals surface area contributed by atoms with Crippen molar-refractivity contribution in [2.75, 3.05) is 13.2 Å². The molecule has 1 heterocycles. The fourth-order valence-electron chi connectivity index (χ4n) is 2.17. The predicted molar refractivity (Wildman–Crippen MR) is 56.3 cm³/mol. The van der Waals surface area contributed by atoms with Gasteiger partial charge in [0.25, 0.3) is 0 Å². The van der Waals surface area contributed by atoms with Crippen LogP contribution in [-0.2, 0) is 4.74 Å². The van der Waals surface area contributed by atoms with Gasteiger partial charge in [0, 0.05) is 13.0 Å². The first-order chi connectivity index (χ1) is 7.32. The van der Waals surface area contributed by atoms with Crippen molar-refractivity contribution in [1.29, 1.82) is 0 Å². The van der Waals surface area contributed by atoms with Crippen molar-refractivity contribution in [3.63, 3.8) is 0 Å². The maximum absolute atomic E-state index is 13.1. The molecule has 0 aromatic carbocycles. The van der Waals surface area contributed by atoms with Gasteiger partial charge in [0.05, 0.1) is 6.10 Å². The molecule has 0 aromatic rings. The van der Waals surface area contributed by atoms with Gasteiger partial charge in [-0.2, -0.15) is 13.2 Å². The highest BCUT2D eigenvalue weighted by molar-refractivity contribution is 4.99. The zero-order valence-corrected chi connectivity index (χ0v) is 10.0. The minimum Gasteiger partial charge on any atom is -0.378 e. The Labute approximate surface area is 94.5 Å². The number of rotatable bonds is 3.